The molecule has 0 aliphatic carbocycles. The van der Waals surface area contributed by atoms with Crippen LogP contribution in [0.4, 0.5) is 4.39 Å². The van der Waals surface area contributed by atoms with E-state index in [4.69, 9.17) is 0 Å². The number of H-pyrrole nitrogens is 1. The van der Waals surface area contributed by atoms with Crippen molar-refractivity contribution < 1.29 is 9.18 Å². The lowest BCUT2D eigenvalue weighted by Crippen LogP contribution is -2.28. The number of aryl methyl sites for hydroxylation is 1. The third-order valence-electron chi connectivity index (χ3n) is 3.87. The molecule has 3 rings (SSSR count). The lowest BCUT2D eigenvalue weighted by molar-refractivity contribution is -0.120. The highest BCUT2D eigenvalue weighted by Crippen LogP contribution is 2.12. The standard InChI is InChI=1S/C19H17FN4O2/c1-12-16(9-17(25)22-10-13-4-2-6-15(20)8-13)19(26)24-18(23-12)14-5-3-7-21-11-14/h2-8,11H,9-10H2,1H3,(H,22,25)(H,23,24,26). The first-order valence-electron chi connectivity index (χ1n) is 8.04. The van der Waals surface area contributed by atoms with Gasteiger partial charge in [0.1, 0.15) is 11.6 Å². The Morgan fingerprint density at radius 2 is 2.12 bits per heavy atom. The summed E-state index contributed by atoms with van der Waals surface area (Å²) in [5, 5.41) is 2.68. The molecule has 2 heterocycles. The molecule has 0 saturated carbocycles. The van der Waals surface area contributed by atoms with Crippen LogP contribution in [0.5, 0.6) is 0 Å². The van der Waals surface area contributed by atoms with Crippen molar-refractivity contribution in [1.29, 1.82) is 0 Å². The Morgan fingerprint density at radius 1 is 1.27 bits per heavy atom. The lowest BCUT2D eigenvalue weighted by Gasteiger charge is -2.08. The number of nitrogens with one attached hydrogen (secondary N) is 2. The number of halogens is 1. The smallest absolute Gasteiger partial charge is 0.255 e. The topological polar surface area (TPSA) is 87.7 Å². The molecule has 0 unspecified atom stereocenters. The Balaban J connectivity index is 1.71. The van der Waals surface area contributed by atoms with E-state index in [-0.39, 0.29) is 30.2 Å². The van der Waals surface area contributed by atoms with Crippen molar-refractivity contribution in [2.45, 2.75) is 19.9 Å². The van der Waals surface area contributed by atoms with Crippen LogP contribution >= 0.6 is 0 Å². The van der Waals surface area contributed by atoms with E-state index in [1.54, 1.807) is 43.6 Å². The van der Waals surface area contributed by atoms with Crippen molar-refractivity contribution in [2.24, 2.45) is 0 Å². The van der Waals surface area contributed by atoms with Gasteiger partial charge in [-0.15, -0.1) is 0 Å². The summed E-state index contributed by atoms with van der Waals surface area (Å²) in [6.45, 7) is 1.87. The number of pyridine rings is 1. The maximum Gasteiger partial charge on any atom is 0.255 e. The van der Waals surface area contributed by atoms with Gasteiger partial charge in [-0.1, -0.05) is 12.1 Å². The van der Waals surface area contributed by atoms with Gasteiger partial charge < -0.3 is 10.3 Å². The molecule has 0 spiro atoms. The first-order chi connectivity index (χ1) is 12.5. The summed E-state index contributed by atoms with van der Waals surface area (Å²) in [7, 11) is 0. The van der Waals surface area contributed by atoms with Gasteiger partial charge in [-0.25, -0.2) is 9.37 Å². The molecule has 1 amide bonds. The number of carbonyl (C=O) groups excluding carboxylic acids is 1. The van der Waals surface area contributed by atoms with E-state index in [0.29, 0.717) is 28.2 Å². The van der Waals surface area contributed by atoms with Crippen molar-refractivity contribution in [2.75, 3.05) is 0 Å². The van der Waals surface area contributed by atoms with Gasteiger partial charge in [0.15, 0.2) is 0 Å². The van der Waals surface area contributed by atoms with Gasteiger partial charge in [0.2, 0.25) is 5.91 Å². The Hall–Kier alpha value is -3.35. The molecule has 1 aromatic carbocycles. The van der Waals surface area contributed by atoms with Gasteiger partial charge >= 0.3 is 0 Å². The Kier molecular flexibility index (Phi) is 5.17. The summed E-state index contributed by atoms with van der Waals surface area (Å²) in [6.07, 6.45) is 3.13. The summed E-state index contributed by atoms with van der Waals surface area (Å²) in [5.74, 6) is -0.289. The Bertz CT molecular complexity index is 986. The monoisotopic (exact) mass is 352 g/mol. The number of aromatic amines is 1. The van der Waals surface area contributed by atoms with E-state index in [1.807, 2.05) is 0 Å². The van der Waals surface area contributed by atoms with Crippen molar-refractivity contribution in [3.8, 4) is 11.4 Å². The second-order valence-electron chi connectivity index (χ2n) is 5.80. The minimum atomic E-state index is -0.364. The number of hydrogen-bond donors (Lipinski definition) is 2. The number of rotatable bonds is 5. The van der Waals surface area contributed by atoms with Crippen molar-refractivity contribution in [3.63, 3.8) is 0 Å². The quantitative estimate of drug-likeness (QED) is 0.736. The lowest BCUT2D eigenvalue weighted by atomic mass is 10.1. The van der Waals surface area contributed by atoms with Gasteiger partial charge in [-0.05, 0) is 36.8 Å². The zero-order valence-corrected chi connectivity index (χ0v) is 14.1. The fourth-order valence-corrected chi connectivity index (χ4v) is 2.53. The second-order valence-corrected chi connectivity index (χ2v) is 5.80. The summed E-state index contributed by atoms with van der Waals surface area (Å²) in [5.41, 5.74) is 1.75. The molecule has 0 fully saturated rings. The van der Waals surface area contributed by atoms with E-state index in [9.17, 15) is 14.0 Å². The van der Waals surface area contributed by atoms with Gasteiger partial charge in [0, 0.05) is 35.8 Å². The highest BCUT2D eigenvalue weighted by atomic mass is 19.1. The molecule has 6 nitrogen and oxygen atoms in total. The number of hydrogen-bond acceptors (Lipinski definition) is 4. The molecule has 2 N–H and O–H groups in total. The van der Waals surface area contributed by atoms with E-state index < -0.39 is 0 Å². The molecule has 0 saturated heterocycles. The second kappa shape index (κ2) is 7.69. The van der Waals surface area contributed by atoms with E-state index in [0.717, 1.165) is 0 Å². The van der Waals surface area contributed by atoms with E-state index >= 15 is 0 Å². The molecular formula is C19H17FN4O2. The zero-order valence-electron chi connectivity index (χ0n) is 14.1. The highest BCUT2D eigenvalue weighted by molar-refractivity contribution is 5.78. The average Bonchev–Trinajstić information content (AvgIpc) is 2.63. The number of amides is 1. The summed E-state index contributed by atoms with van der Waals surface area (Å²) in [6, 6.07) is 9.51. The van der Waals surface area contributed by atoms with Crippen LogP contribution in [0.3, 0.4) is 0 Å². The largest absolute Gasteiger partial charge is 0.352 e. The minimum Gasteiger partial charge on any atom is -0.352 e. The molecule has 2 aromatic heterocycles. The zero-order chi connectivity index (χ0) is 18.5. The minimum absolute atomic E-state index is 0.100. The number of carbonyl (C=O) groups is 1. The van der Waals surface area contributed by atoms with Gasteiger partial charge in [-0.3, -0.25) is 14.6 Å². The predicted molar refractivity (Wildman–Crippen MR) is 94.8 cm³/mol. The third kappa shape index (κ3) is 4.18. The SMILES string of the molecule is Cc1nc(-c2cccnc2)[nH]c(=O)c1CC(=O)NCc1cccc(F)c1. The van der Waals surface area contributed by atoms with Crippen LogP contribution < -0.4 is 10.9 Å². The van der Waals surface area contributed by atoms with Gasteiger partial charge in [0.05, 0.1) is 6.42 Å². The maximum atomic E-state index is 13.2. The van der Waals surface area contributed by atoms with Crippen LogP contribution in [0, 0.1) is 12.7 Å². The number of nitrogens with zero attached hydrogens (tertiary/aromatic N) is 2. The van der Waals surface area contributed by atoms with Crippen LogP contribution in [0.2, 0.25) is 0 Å². The molecule has 26 heavy (non-hydrogen) atoms. The molecule has 0 aliphatic heterocycles. The van der Waals surface area contributed by atoms with E-state index in [1.165, 1.54) is 12.1 Å². The maximum absolute atomic E-state index is 13.2. The first-order valence-corrected chi connectivity index (χ1v) is 8.04. The first kappa shape index (κ1) is 17.5. The predicted octanol–water partition coefficient (Wildman–Crippen LogP) is 2.14. The average molecular weight is 352 g/mol. The third-order valence-corrected chi connectivity index (χ3v) is 3.87. The molecule has 132 valence electrons. The Labute approximate surface area is 149 Å². The number of aromatic nitrogens is 3. The number of benzene rings is 1. The van der Waals surface area contributed by atoms with Crippen LogP contribution in [-0.4, -0.2) is 20.9 Å². The summed E-state index contributed by atoms with van der Waals surface area (Å²) < 4.78 is 13.2. The normalized spacial score (nSPS) is 10.5. The van der Waals surface area contributed by atoms with Crippen molar-refractivity contribution in [3.05, 3.63) is 81.8 Å². The van der Waals surface area contributed by atoms with Gasteiger partial charge in [-0.2, -0.15) is 0 Å². The summed E-state index contributed by atoms with van der Waals surface area (Å²) >= 11 is 0. The fraction of sp³-hybridized carbons (Fsp3) is 0.158. The summed E-state index contributed by atoms with van der Waals surface area (Å²) in [4.78, 5) is 35.5. The van der Waals surface area contributed by atoms with Crippen LogP contribution in [0.15, 0.2) is 53.6 Å². The molecule has 7 heteroatoms. The van der Waals surface area contributed by atoms with Crippen molar-refractivity contribution in [1.82, 2.24) is 20.3 Å². The van der Waals surface area contributed by atoms with Crippen LogP contribution in [0.25, 0.3) is 11.4 Å². The highest BCUT2D eigenvalue weighted by Gasteiger charge is 2.13. The van der Waals surface area contributed by atoms with E-state index in [2.05, 4.69) is 20.3 Å². The molecule has 0 atom stereocenters. The Morgan fingerprint density at radius 3 is 2.81 bits per heavy atom. The fourth-order valence-electron chi connectivity index (χ4n) is 2.53. The molecular weight excluding hydrogens is 335 g/mol. The van der Waals surface area contributed by atoms with Crippen LogP contribution in [0.1, 0.15) is 16.8 Å². The van der Waals surface area contributed by atoms with Crippen molar-refractivity contribution >= 4 is 5.91 Å². The molecule has 0 bridgehead atoms. The van der Waals surface area contributed by atoms with Crippen LogP contribution in [-0.2, 0) is 17.8 Å². The molecule has 0 aliphatic rings. The molecule has 3 aromatic rings. The molecule has 0 radical (unpaired) electrons. The van der Waals surface area contributed by atoms with Gasteiger partial charge in [0.25, 0.3) is 5.56 Å².